The fraction of sp³-hybridized carbons (Fsp3) is 0.588. The molecule has 0 amide bonds. The fourth-order valence-corrected chi connectivity index (χ4v) is 2.82. The average molecular weight is 318 g/mol. The van der Waals surface area contributed by atoms with E-state index in [1.54, 1.807) is 13.2 Å². The van der Waals surface area contributed by atoms with Crippen molar-refractivity contribution >= 4 is 11.9 Å². The summed E-state index contributed by atoms with van der Waals surface area (Å²) in [5.74, 6) is 0.635. The Bertz CT molecular complexity index is 559. The van der Waals surface area contributed by atoms with Crippen molar-refractivity contribution in [1.82, 2.24) is 15.2 Å². The topological polar surface area (TPSA) is 66.8 Å². The van der Waals surface area contributed by atoms with Gasteiger partial charge in [-0.2, -0.15) is 0 Å². The van der Waals surface area contributed by atoms with Crippen LogP contribution >= 0.6 is 0 Å². The molecule has 1 atom stereocenters. The van der Waals surface area contributed by atoms with Crippen LogP contribution in [0.1, 0.15) is 31.0 Å². The van der Waals surface area contributed by atoms with E-state index in [1.807, 2.05) is 26.0 Å². The van der Waals surface area contributed by atoms with E-state index >= 15 is 0 Å². The molecular weight excluding hydrogens is 292 g/mol. The minimum absolute atomic E-state index is 0.0705. The van der Waals surface area contributed by atoms with Gasteiger partial charge in [0.15, 0.2) is 5.96 Å². The Hall–Kier alpha value is -2.11. The third-order valence-corrected chi connectivity index (χ3v) is 4.08. The molecule has 0 bridgehead atoms. The summed E-state index contributed by atoms with van der Waals surface area (Å²) in [6, 6.07) is 3.98. The van der Waals surface area contributed by atoms with Gasteiger partial charge in [0.05, 0.1) is 24.8 Å². The number of guanidine groups is 1. The number of hydrogen-bond donors (Lipinski definition) is 1. The molecule has 0 unspecified atom stereocenters. The number of aromatic nitrogens is 1. The number of pyridine rings is 1. The number of rotatable bonds is 4. The Morgan fingerprint density at radius 2 is 2.39 bits per heavy atom. The number of aliphatic imine (C=N–C) groups is 1. The largest absolute Gasteiger partial charge is 0.466 e. The monoisotopic (exact) mass is 318 g/mol. The number of likely N-dealkylation sites (tertiary alicyclic amines) is 1. The van der Waals surface area contributed by atoms with Crippen molar-refractivity contribution in [3.05, 3.63) is 29.6 Å². The van der Waals surface area contributed by atoms with E-state index in [9.17, 15) is 4.79 Å². The number of esters is 1. The quantitative estimate of drug-likeness (QED) is 0.520. The van der Waals surface area contributed by atoms with Crippen LogP contribution in [-0.4, -0.2) is 48.6 Å². The number of ether oxygens (including phenoxy) is 1. The van der Waals surface area contributed by atoms with Gasteiger partial charge < -0.3 is 15.0 Å². The van der Waals surface area contributed by atoms with Gasteiger partial charge in [0.1, 0.15) is 0 Å². The van der Waals surface area contributed by atoms with E-state index in [1.165, 1.54) is 0 Å². The van der Waals surface area contributed by atoms with Gasteiger partial charge in [-0.25, -0.2) is 0 Å². The Kier molecular flexibility index (Phi) is 6.38. The van der Waals surface area contributed by atoms with Gasteiger partial charge in [0, 0.05) is 26.3 Å². The number of carbonyl (C=O) groups excluding carboxylic acids is 1. The summed E-state index contributed by atoms with van der Waals surface area (Å²) in [6.45, 7) is 6.50. The van der Waals surface area contributed by atoms with Crippen LogP contribution in [0.2, 0.25) is 0 Å². The second kappa shape index (κ2) is 8.50. The van der Waals surface area contributed by atoms with Gasteiger partial charge in [-0.05, 0) is 38.3 Å². The first-order valence-corrected chi connectivity index (χ1v) is 8.18. The van der Waals surface area contributed by atoms with Crippen molar-refractivity contribution in [3.63, 3.8) is 0 Å². The van der Waals surface area contributed by atoms with E-state index in [0.717, 1.165) is 36.6 Å². The minimum atomic E-state index is -0.103. The first-order valence-electron chi connectivity index (χ1n) is 8.18. The Morgan fingerprint density at radius 1 is 1.57 bits per heavy atom. The molecule has 1 aliphatic rings. The van der Waals surface area contributed by atoms with E-state index in [4.69, 9.17) is 4.74 Å². The summed E-state index contributed by atoms with van der Waals surface area (Å²) in [4.78, 5) is 22.8. The first-order chi connectivity index (χ1) is 11.2. The molecular formula is C17H26N4O2. The third-order valence-electron chi connectivity index (χ3n) is 4.08. The molecule has 0 saturated carbocycles. The summed E-state index contributed by atoms with van der Waals surface area (Å²) in [5, 5.41) is 3.35. The standard InChI is InChI=1S/C17H26N4O2/c1-4-23-16(22)14-8-6-10-21(12-14)17(18-3)20-11-15-13(2)7-5-9-19-15/h5,7,9,14H,4,6,8,10-12H2,1-3H3,(H,18,20)/t14-/m1/s1. The number of aryl methyl sites for hydroxylation is 1. The zero-order valence-corrected chi connectivity index (χ0v) is 14.2. The number of nitrogens with zero attached hydrogens (tertiary/aromatic N) is 3. The minimum Gasteiger partial charge on any atom is -0.466 e. The summed E-state index contributed by atoms with van der Waals surface area (Å²) in [7, 11) is 1.77. The summed E-state index contributed by atoms with van der Waals surface area (Å²) in [6.07, 6.45) is 3.64. The molecule has 1 saturated heterocycles. The number of piperidine rings is 1. The van der Waals surface area contributed by atoms with Crippen molar-refractivity contribution in [3.8, 4) is 0 Å². The molecule has 1 fully saturated rings. The summed E-state index contributed by atoms with van der Waals surface area (Å²) >= 11 is 0. The molecule has 0 aliphatic carbocycles. The zero-order chi connectivity index (χ0) is 16.7. The molecule has 126 valence electrons. The van der Waals surface area contributed by atoms with Gasteiger partial charge in [0.25, 0.3) is 0 Å². The van der Waals surface area contributed by atoms with Crippen LogP contribution in [0, 0.1) is 12.8 Å². The second-order valence-electron chi connectivity index (χ2n) is 5.70. The third kappa shape index (κ3) is 4.68. The fourth-order valence-electron chi connectivity index (χ4n) is 2.82. The SMILES string of the molecule is CCOC(=O)[C@@H]1CCCN(C(=NC)NCc2ncccc2C)C1. The molecule has 6 heteroatoms. The van der Waals surface area contributed by atoms with Crippen LogP contribution in [0.25, 0.3) is 0 Å². The molecule has 2 rings (SSSR count). The smallest absolute Gasteiger partial charge is 0.310 e. The molecule has 1 N–H and O–H groups in total. The predicted octanol–water partition coefficient (Wildman–Crippen LogP) is 1.74. The highest BCUT2D eigenvalue weighted by Gasteiger charge is 2.28. The molecule has 1 aliphatic heterocycles. The van der Waals surface area contributed by atoms with Gasteiger partial charge in [-0.1, -0.05) is 6.07 Å². The van der Waals surface area contributed by atoms with Crippen LogP contribution in [0.4, 0.5) is 0 Å². The normalized spacial score (nSPS) is 18.7. The maximum Gasteiger partial charge on any atom is 0.310 e. The Labute approximate surface area is 138 Å². The predicted molar refractivity (Wildman–Crippen MR) is 90.1 cm³/mol. The lowest BCUT2D eigenvalue weighted by Gasteiger charge is -2.33. The van der Waals surface area contributed by atoms with Crippen molar-refractivity contribution in [2.45, 2.75) is 33.2 Å². The van der Waals surface area contributed by atoms with E-state index in [-0.39, 0.29) is 11.9 Å². The zero-order valence-electron chi connectivity index (χ0n) is 14.2. The Balaban J connectivity index is 1.95. The van der Waals surface area contributed by atoms with Crippen LogP contribution in [0.5, 0.6) is 0 Å². The molecule has 0 spiro atoms. The molecule has 0 radical (unpaired) electrons. The van der Waals surface area contributed by atoms with Crippen LogP contribution in [-0.2, 0) is 16.1 Å². The lowest BCUT2D eigenvalue weighted by Crippen LogP contribution is -2.48. The van der Waals surface area contributed by atoms with Crippen molar-refractivity contribution in [2.75, 3.05) is 26.7 Å². The molecule has 23 heavy (non-hydrogen) atoms. The highest BCUT2D eigenvalue weighted by atomic mass is 16.5. The molecule has 1 aromatic heterocycles. The van der Waals surface area contributed by atoms with Crippen molar-refractivity contribution in [2.24, 2.45) is 10.9 Å². The van der Waals surface area contributed by atoms with Gasteiger partial charge in [0.2, 0.25) is 0 Å². The maximum absolute atomic E-state index is 12.0. The summed E-state index contributed by atoms with van der Waals surface area (Å²) in [5.41, 5.74) is 2.16. The first kappa shape index (κ1) is 17.2. The lowest BCUT2D eigenvalue weighted by molar-refractivity contribution is -0.149. The lowest BCUT2D eigenvalue weighted by atomic mass is 9.98. The van der Waals surface area contributed by atoms with Crippen LogP contribution in [0.15, 0.2) is 23.3 Å². The number of nitrogens with one attached hydrogen (secondary N) is 1. The molecule has 6 nitrogen and oxygen atoms in total. The average Bonchev–Trinajstić information content (AvgIpc) is 2.57. The van der Waals surface area contributed by atoms with Crippen molar-refractivity contribution < 1.29 is 9.53 Å². The Morgan fingerprint density at radius 3 is 3.09 bits per heavy atom. The highest BCUT2D eigenvalue weighted by Crippen LogP contribution is 2.18. The number of carbonyl (C=O) groups is 1. The van der Waals surface area contributed by atoms with Crippen LogP contribution < -0.4 is 5.32 Å². The maximum atomic E-state index is 12.0. The summed E-state index contributed by atoms with van der Waals surface area (Å²) < 4.78 is 5.15. The second-order valence-corrected chi connectivity index (χ2v) is 5.70. The van der Waals surface area contributed by atoms with Gasteiger partial charge >= 0.3 is 5.97 Å². The van der Waals surface area contributed by atoms with E-state index in [0.29, 0.717) is 19.7 Å². The number of hydrogen-bond acceptors (Lipinski definition) is 4. The van der Waals surface area contributed by atoms with Crippen LogP contribution in [0.3, 0.4) is 0 Å². The van der Waals surface area contributed by atoms with E-state index in [2.05, 4.69) is 20.2 Å². The molecule has 1 aromatic rings. The highest BCUT2D eigenvalue weighted by molar-refractivity contribution is 5.81. The van der Waals surface area contributed by atoms with E-state index < -0.39 is 0 Å². The van der Waals surface area contributed by atoms with Gasteiger partial charge in [-0.3, -0.25) is 14.8 Å². The molecule has 2 heterocycles. The molecule has 0 aromatic carbocycles. The van der Waals surface area contributed by atoms with Crippen molar-refractivity contribution in [1.29, 1.82) is 0 Å². The van der Waals surface area contributed by atoms with Gasteiger partial charge in [-0.15, -0.1) is 0 Å².